The Labute approximate surface area is 150 Å². The lowest BCUT2D eigenvalue weighted by molar-refractivity contribution is -0.139. The molecule has 26 heavy (non-hydrogen) atoms. The second-order valence-electron chi connectivity index (χ2n) is 7.06. The van der Waals surface area contributed by atoms with E-state index < -0.39 is 5.97 Å². The van der Waals surface area contributed by atoms with E-state index in [1.807, 2.05) is 17.0 Å². The van der Waals surface area contributed by atoms with Crippen LogP contribution in [0.1, 0.15) is 31.6 Å². The van der Waals surface area contributed by atoms with Crippen LogP contribution in [0.15, 0.2) is 28.9 Å². The second kappa shape index (κ2) is 6.51. The highest BCUT2D eigenvalue weighted by molar-refractivity contribution is 5.77. The monoisotopic (exact) mass is 356 g/mol. The molecule has 1 aliphatic carbocycles. The molecule has 1 amide bonds. The molecule has 0 bridgehead atoms. The fourth-order valence-corrected chi connectivity index (χ4v) is 3.78. The normalized spacial score (nSPS) is 20.9. The first-order chi connectivity index (χ1) is 12.6. The van der Waals surface area contributed by atoms with Gasteiger partial charge in [-0.1, -0.05) is 11.2 Å². The summed E-state index contributed by atoms with van der Waals surface area (Å²) in [5.74, 6) is -0.0416. The number of carboxylic acid groups (broad SMARTS) is 1. The fourth-order valence-electron chi connectivity index (χ4n) is 3.78. The lowest BCUT2D eigenvalue weighted by Gasteiger charge is -2.32. The summed E-state index contributed by atoms with van der Waals surface area (Å²) in [5, 5.41) is 13.0. The Balaban J connectivity index is 1.27. The number of carboxylic acids is 1. The van der Waals surface area contributed by atoms with Crippen LogP contribution < -0.4 is 0 Å². The molecule has 8 heteroatoms. The summed E-state index contributed by atoms with van der Waals surface area (Å²) in [4.78, 5) is 33.8. The number of nitrogens with zero attached hydrogens (tertiary/aromatic N) is 4. The summed E-state index contributed by atoms with van der Waals surface area (Å²) in [6.45, 7) is 1.26. The molecular weight excluding hydrogens is 336 g/mol. The molecule has 0 aromatic carbocycles. The number of carbonyl (C=O) groups is 2. The molecule has 1 saturated heterocycles. The first kappa shape index (κ1) is 16.7. The van der Waals surface area contributed by atoms with Gasteiger partial charge >= 0.3 is 5.97 Å². The Morgan fingerprint density at radius 1 is 1.31 bits per heavy atom. The lowest BCUT2D eigenvalue weighted by Crippen LogP contribution is -2.40. The van der Waals surface area contributed by atoms with E-state index in [-0.39, 0.29) is 17.2 Å². The van der Waals surface area contributed by atoms with Crippen molar-refractivity contribution in [3.8, 4) is 11.5 Å². The van der Waals surface area contributed by atoms with Crippen LogP contribution in [0, 0.1) is 11.3 Å². The Kier molecular flexibility index (Phi) is 4.18. The van der Waals surface area contributed by atoms with Gasteiger partial charge in [0.25, 0.3) is 0 Å². The van der Waals surface area contributed by atoms with E-state index in [2.05, 4.69) is 15.1 Å². The van der Waals surface area contributed by atoms with Crippen LogP contribution >= 0.6 is 0 Å². The maximum Gasteiger partial charge on any atom is 0.307 e. The van der Waals surface area contributed by atoms with Crippen molar-refractivity contribution in [3.05, 3.63) is 30.3 Å². The molecule has 2 aliphatic rings. The summed E-state index contributed by atoms with van der Waals surface area (Å²) in [6, 6.07) is 5.46. The minimum absolute atomic E-state index is 0.0463. The molecule has 1 atom stereocenters. The third kappa shape index (κ3) is 3.18. The highest BCUT2D eigenvalue weighted by atomic mass is 16.5. The molecule has 8 nitrogen and oxygen atoms in total. The molecule has 3 heterocycles. The average Bonchev–Trinajstić information content (AvgIpc) is 3.15. The van der Waals surface area contributed by atoms with Gasteiger partial charge in [-0.15, -0.1) is 0 Å². The maximum absolute atomic E-state index is 12.4. The number of hydrogen-bond donors (Lipinski definition) is 1. The first-order valence-electron chi connectivity index (χ1n) is 8.82. The largest absolute Gasteiger partial charge is 0.481 e. The van der Waals surface area contributed by atoms with Crippen molar-refractivity contribution >= 4 is 11.9 Å². The quantitative estimate of drug-likeness (QED) is 0.869. The molecule has 2 aromatic heterocycles. The predicted molar refractivity (Wildman–Crippen MR) is 89.8 cm³/mol. The van der Waals surface area contributed by atoms with Gasteiger partial charge in [-0.3, -0.25) is 14.6 Å². The van der Waals surface area contributed by atoms with Crippen molar-refractivity contribution in [1.82, 2.24) is 20.0 Å². The van der Waals surface area contributed by atoms with Gasteiger partial charge in [0.15, 0.2) is 0 Å². The zero-order valence-corrected chi connectivity index (χ0v) is 14.3. The number of pyridine rings is 1. The fraction of sp³-hybridized carbons (Fsp3) is 0.500. The molecular formula is C18H20N4O4. The zero-order valence-electron chi connectivity index (χ0n) is 14.3. The van der Waals surface area contributed by atoms with E-state index in [4.69, 9.17) is 9.63 Å². The predicted octanol–water partition coefficient (Wildman–Crippen LogP) is 1.78. The van der Waals surface area contributed by atoms with Gasteiger partial charge in [-0.05, 0) is 36.8 Å². The molecule has 136 valence electrons. The van der Waals surface area contributed by atoms with Crippen LogP contribution in [0.5, 0.6) is 0 Å². The standard InChI is InChI=1S/C18H20N4O4/c23-15(22-9-6-18(7-10-22)11-12(18)17(24)25)5-4-14-20-16(21-26-14)13-3-1-2-8-19-13/h1-3,8,12H,4-7,9-11H2,(H,24,25). The van der Waals surface area contributed by atoms with Gasteiger partial charge in [-0.25, -0.2) is 0 Å². The van der Waals surface area contributed by atoms with Gasteiger partial charge < -0.3 is 14.5 Å². The smallest absolute Gasteiger partial charge is 0.307 e. The van der Waals surface area contributed by atoms with E-state index in [0.29, 0.717) is 43.3 Å². The highest BCUT2D eigenvalue weighted by Gasteiger charge is 2.59. The molecule has 2 aromatic rings. The van der Waals surface area contributed by atoms with Crippen molar-refractivity contribution in [3.63, 3.8) is 0 Å². The third-order valence-electron chi connectivity index (χ3n) is 5.51. The number of aryl methyl sites for hydroxylation is 1. The Morgan fingerprint density at radius 2 is 2.12 bits per heavy atom. The van der Waals surface area contributed by atoms with Crippen molar-refractivity contribution in [2.24, 2.45) is 11.3 Å². The van der Waals surface area contributed by atoms with E-state index in [0.717, 1.165) is 19.3 Å². The molecule has 1 N–H and O–H groups in total. The van der Waals surface area contributed by atoms with Crippen molar-refractivity contribution < 1.29 is 19.2 Å². The van der Waals surface area contributed by atoms with Crippen molar-refractivity contribution in [2.75, 3.05) is 13.1 Å². The van der Waals surface area contributed by atoms with E-state index in [1.54, 1.807) is 12.3 Å². The maximum atomic E-state index is 12.4. The minimum Gasteiger partial charge on any atom is -0.481 e. The van der Waals surface area contributed by atoms with Gasteiger partial charge in [0, 0.05) is 32.1 Å². The summed E-state index contributed by atoms with van der Waals surface area (Å²) >= 11 is 0. The van der Waals surface area contributed by atoms with Gasteiger partial charge in [-0.2, -0.15) is 4.98 Å². The second-order valence-corrected chi connectivity index (χ2v) is 7.06. The molecule has 2 fully saturated rings. The van der Waals surface area contributed by atoms with Crippen molar-refractivity contribution in [1.29, 1.82) is 0 Å². The molecule has 1 unspecified atom stereocenters. The van der Waals surface area contributed by atoms with E-state index >= 15 is 0 Å². The zero-order chi connectivity index (χ0) is 18.1. The van der Waals surface area contributed by atoms with Crippen LogP contribution in [-0.2, 0) is 16.0 Å². The number of aromatic nitrogens is 3. The molecule has 1 spiro atoms. The number of likely N-dealkylation sites (tertiary alicyclic amines) is 1. The number of aliphatic carboxylic acids is 1. The summed E-state index contributed by atoms with van der Waals surface area (Å²) in [7, 11) is 0. The number of carbonyl (C=O) groups excluding carboxylic acids is 1. The summed E-state index contributed by atoms with van der Waals surface area (Å²) in [6.07, 6.45) is 4.66. The number of piperidine rings is 1. The van der Waals surface area contributed by atoms with E-state index in [9.17, 15) is 9.59 Å². The van der Waals surface area contributed by atoms with Crippen LogP contribution in [-0.4, -0.2) is 50.1 Å². The Hall–Kier alpha value is -2.77. The van der Waals surface area contributed by atoms with E-state index in [1.165, 1.54) is 0 Å². The Morgan fingerprint density at radius 3 is 2.77 bits per heavy atom. The third-order valence-corrected chi connectivity index (χ3v) is 5.51. The molecule has 4 rings (SSSR count). The van der Waals surface area contributed by atoms with Crippen LogP contribution in [0.25, 0.3) is 11.5 Å². The number of hydrogen-bond acceptors (Lipinski definition) is 6. The summed E-state index contributed by atoms with van der Waals surface area (Å²) in [5.41, 5.74) is 0.569. The van der Waals surface area contributed by atoms with Crippen LogP contribution in [0.2, 0.25) is 0 Å². The number of amides is 1. The Bertz CT molecular complexity index is 812. The minimum atomic E-state index is -0.704. The molecule has 1 aliphatic heterocycles. The van der Waals surface area contributed by atoms with Crippen LogP contribution in [0.3, 0.4) is 0 Å². The topological polar surface area (TPSA) is 109 Å². The number of rotatable bonds is 5. The van der Waals surface area contributed by atoms with Gasteiger partial charge in [0.05, 0.1) is 5.92 Å². The van der Waals surface area contributed by atoms with Gasteiger partial charge in [0.1, 0.15) is 5.69 Å². The molecule has 1 saturated carbocycles. The molecule has 0 radical (unpaired) electrons. The highest BCUT2D eigenvalue weighted by Crippen LogP contribution is 2.59. The summed E-state index contributed by atoms with van der Waals surface area (Å²) < 4.78 is 5.20. The van der Waals surface area contributed by atoms with Crippen molar-refractivity contribution in [2.45, 2.75) is 32.1 Å². The average molecular weight is 356 g/mol. The lowest BCUT2D eigenvalue weighted by atomic mass is 9.90. The van der Waals surface area contributed by atoms with Gasteiger partial charge in [0.2, 0.25) is 17.6 Å². The van der Waals surface area contributed by atoms with Crippen LogP contribution in [0.4, 0.5) is 0 Å². The first-order valence-corrected chi connectivity index (χ1v) is 8.82. The SMILES string of the molecule is O=C(O)C1CC12CCN(C(=O)CCc1nc(-c3ccccn3)no1)CC2.